The van der Waals surface area contributed by atoms with Crippen LogP contribution in [0.5, 0.6) is 5.88 Å². The van der Waals surface area contributed by atoms with Crippen LogP contribution in [0, 0.1) is 0 Å². The fourth-order valence-electron chi connectivity index (χ4n) is 3.36. The number of nitrogens with one attached hydrogen (secondary N) is 1. The summed E-state index contributed by atoms with van der Waals surface area (Å²) < 4.78 is 7.78. The molecule has 0 atom stereocenters. The summed E-state index contributed by atoms with van der Waals surface area (Å²) in [5.41, 5.74) is 5.88. The third kappa shape index (κ3) is 3.39. The number of hydrogen-bond acceptors (Lipinski definition) is 6. The topological polar surface area (TPSA) is 93.9 Å². The minimum Gasteiger partial charge on any atom is -0.473 e. The Morgan fingerprint density at radius 2 is 1.83 bits per heavy atom. The average molecular weight is 397 g/mol. The van der Waals surface area contributed by atoms with Gasteiger partial charge in [-0.1, -0.05) is 55.5 Å². The van der Waals surface area contributed by atoms with Gasteiger partial charge in [0, 0.05) is 23.4 Å². The molecule has 30 heavy (non-hydrogen) atoms. The highest BCUT2D eigenvalue weighted by Crippen LogP contribution is 2.29. The van der Waals surface area contributed by atoms with Crippen LogP contribution in [0.1, 0.15) is 18.2 Å². The van der Waals surface area contributed by atoms with E-state index in [4.69, 9.17) is 4.74 Å². The zero-order valence-corrected chi connectivity index (χ0v) is 16.4. The van der Waals surface area contributed by atoms with Crippen LogP contribution in [0.25, 0.3) is 28.2 Å². The molecule has 0 fully saturated rings. The summed E-state index contributed by atoms with van der Waals surface area (Å²) in [6.45, 7) is 2.51. The number of ether oxygens (including phenoxy) is 1. The smallest absolute Gasteiger partial charge is 0.218 e. The van der Waals surface area contributed by atoms with Crippen LogP contribution in [0.3, 0.4) is 0 Å². The summed E-state index contributed by atoms with van der Waals surface area (Å²) in [6.07, 6.45) is 2.57. The SMILES string of the molecule is CCc1cc(OCc2ccc(-c3ccccc3-c3nn[nH]n3)cc2)n2nccc2n1. The van der Waals surface area contributed by atoms with Gasteiger partial charge in [0.15, 0.2) is 5.65 Å². The molecule has 0 radical (unpaired) electrons. The molecule has 148 valence electrons. The van der Waals surface area contributed by atoms with Gasteiger partial charge in [-0.05, 0) is 28.3 Å². The average Bonchev–Trinajstić information content (AvgIpc) is 3.50. The van der Waals surface area contributed by atoms with Crippen molar-refractivity contribution in [1.82, 2.24) is 35.2 Å². The van der Waals surface area contributed by atoms with E-state index in [0.29, 0.717) is 18.3 Å². The summed E-state index contributed by atoms with van der Waals surface area (Å²) in [6, 6.07) is 20.1. The largest absolute Gasteiger partial charge is 0.473 e. The fourth-order valence-corrected chi connectivity index (χ4v) is 3.36. The van der Waals surface area contributed by atoms with Crippen LogP contribution in [-0.4, -0.2) is 35.2 Å². The maximum atomic E-state index is 6.06. The Balaban J connectivity index is 1.38. The van der Waals surface area contributed by atoms with E-state index in [1.54, 1.807) is 10.7 Å². The first-order valence-electron chi connectivity index (χ1n) is 9.70. The van der Waals surface area contributed by atoms with Crippen LogP contribution in [0.2, 0.25) is 0 Å². The van der Waals surface area contributed by atoms with Crippen molar-refractivity contribution in [2.45, 2.75) is 20.0 Å². The maximum absolute atomic E-state index is 6.06. The third-order valence-corrected chi connectivity index (χ3v) is 4.91. The zero-order chi connectivity index (χ0) is 20.3. The van der Waals surface area contributed by atoms with Crippen LogP contribution in [0.4, 0.5) is 0 Å². The van der Waals surface area contributed by atoms with Crippen molar-refractivity contribution >= 4 is 5.65 Å². The van der Waals surface area contributed by atoms with E-state index in [1.165, 1.54) is 0 Å². The molecule has 0 aliphatic carbocycles. The first-order chi connectivity index (χ1) is 14.8. The Hall–Kier alpha value is -4.07. The predicted molar refractivity (Wildman–Crippen MR) is 112 cm³/mol. The van der Waals surface area contributed by atoms with Crippen molar-refractivity contribution in [3.8, 4) is 28.4 Å². The monoisotopic (exact) mass is 397 g/mol. The molecule has 3 aromatic heterocycles. The second-order valence-electron chi connectivity index (χ2n) is 6.81. The molecule has 5 rings (SSSR count). The van der Waals surface area contributed by atoms with Crippen molar-refractivity contribution in [3.05, 3.63) is 78.1 Å². The summed E-state index contributed by atoms with van der Waals surface area (Å²) >= 11 is 0. The van der Waals surface area contributed by atoms with Gasteiger partial charge >= 0.3 is 0 Å². The van der Waals surface area contributed by atoms with Crippen molar-refractivity contribution in [3.63, 3.8) is 0 Å². The van der Waals surface area contributed by atoms with E-state index in [1.807, 2.05) is 30.3 Å². The van der Waals surface area contributed by atoms with Gasteiger partial charge in [-0.15, -0.1) is 10.2 Å². The molecule has 3 heterocycles. The Morgan fingerprint density at radius 1 is 1.00 bits per heavy atom. The van der Waals surface area contributed by atoms with Crippen LogP contribution < -0.4 is 4.74 Å². The minimum absolute atomic E-state index is 0.439. The molecule has 8 nitrogen and oxygen atoms in total. The van der Waals surface area contributed by atoms with Gasteiger partial charge < -0.3 is 4.74 Å². The van der Waals surface area contributed by atoms with Crippen molar-refractivity contribution in [2.24, 2.45) is 0 Å². The molecule has 5 aromatic rings. The first-order valence-corrected chi connectivity index (χ1v) is 9.70. The number of benzene rings is 2. The number of aryl methyl sites for hydroxylation is 1. The minimum atomic E-state index is 0.439. The predicted octanol–water partition coefficient (Wildman–Crippen LogP) is 3.72. The Kier molecular flexibility index (Phi) is 4.65. The van der Waals surface area contributed by atoms with Crippen LogP contribution in [0.15, 0.2) is 66.9 Å². The quantitative estimate of drug-likeness (QED) is 0.469. The molecule has 0 bridgehead atoms. The number of tetrazole rings is 1. The lowest BCUT2D eigenvalue weighted by Gasteiger charge is -2.11. The lowest BCUT2D eigenvalue weighted by molar-refractivity contribution is 0.285. The summed E-state index contributed by atoms with van der Waals surface area (Å²) in [5.74, 6) is 1.26. The highest BCUT2D eigenvalue weighted by atomic mass is 16.5. The number of H-pyrrole nitrogens is 1. The number of aromatic nitrogens is 7. The van der Waals surface area contributed by atoms with Gasteiger partial charge in [-0.2, -0.15) is 14.8 Å². The highest BCUT2D eigenvalue weighted by molar-refractivity contribution is 5.80. The molecule has 0 aliphatic rings. The normalized spacial score (nSPS) is 11.1. The zero-order valence-electron chi connectivity index (χ0n) is 16.4. The molecule has 0 saturated carbocycles. The van der Waals surface area contributed by atoms with E-state index in [0.717, 1.165) is 40.0 Å². The van der Waals surface area contributed by atoms with Gasteiger partial charge in [0.05, 0.1) is 6.20 Å². The maximum Gasteiger partial charge on any atom is 0.218 e. The fraction of sp³-hybridized carbons (Fsp3) is 0.136. The van der Waals surface area contributed by atoms with Crippen molar-refractivity contribution in [1.29, 1.82) is 0 Å². The molecule has 0 spiro atoms. The summed E-state index contributed by atoms with van der Waals surface area (Å²) in [4.78, 5) is 4.55. The highest BCUT2D eigenvalue weighted by Gasteiger charge is 2.11. The second kappa shape index (κ2) is 7.75. The van der Waals surface area contributed by atoms with Crippen LogP contribution >= 0.6 is 0 Å². The Bertz CT molecular complexity index is 1280. The standard InChI is InChI=1S/C22H19N7O/c1-2-17-13-21(29-20(24-17)11-12-23-29)30-14-15-7-9-16(10-8-15)18-5-3-4-6-19(18)22-25-27-28-26-22/h3-13H,2,14H2,1H3,(H,25,26,27,28). The van der Waals surface area contributed by atoms with E-state index in [2.05, 4.69) is 68.0 Å². The Labute approximate surface area is 172 Å². The van der Waals surface area contributed by atoms with Gasteiger partial charge in [-0.25, -0.2) is 4.98 Å². The molecular weight excluding hydrogens is 378 g/mol. The number of rotatable bonds is 6. The lowest BCUT2D eigenvalue weighted by atomic mass is 9.98. The van der Waals surface area contributed by atoms with Gasteiger partial charge in [0.25, 0.3) is 0 Å². The molecule has 1 N–H and O–H groups in total. The van der Waals surface area contributed by atoms with Crippen LogP contribution in [-0.2, 0) is 13.0 Å². The van der Waals surface area contributed by atoms with E-state index in [-0.39, 0.29) is 0 Å². The van der Waals surface area contributed by atoms with E-state index in [9.17, 15) is 0 Å². The second-order valence-corrected chi connectivity index (χ2v) is 6.81. The number of aromatic amines is 1. The molecule has 0 aliphatic heterocycles. The molecule has 8 heteroatoms. The number of hydrogen-bond donors (Lipinski definition) is 1. The summed E-state index contributed by atoms with van der Waals surface area (Å²) in [5, 5.41) is 18.7. The van der Waals surface area contributed by atoms with E-state index < -0.39 is 0 Å². The third-order valence-electron chi connectivity index (χ3n) is 4.91. The number of nitrogens with zero attached hydrogens (tertiary/aromatic N) is 6. The lowest BCUT2D eigenvalue weighted by Crippen LogP contribution is -2.04. The molecule has 2 aromatic carbocycles. The van der Waals surface area contributed by atoms with E-state index >= 15 is 0 Å². The van der Waals surface area contributed by atoms with Crippen molar-refractivity contribution < 1.29 is 4.74 Å². The van der Waals surface area contributed by atoms with Gasteiger partial charge in [0.2, 0.25) is 11.7 Å². The molecule has 0 saturated heterocycles. The summed E-state index contributed by atoms with van der Waals surface area (Å²) in [7, 11) is 0. The Morgan fingerprint density at radius 3 is 2.60 bits per heavy atom. The van der Waals surface area contributed by atoms with Gasteiger partial charge in [-0.3, -0.25) is 0 Å². The number of fused-ring (bicyclic) bond motifs is 1. The first kappa shape index (κ1) is 18.0. The van der Waals surface area contributed by atoms with Gasteiger partial charge in [0.1, 0.15) is 6.61 Å². The molecular formula is C22H19N7O. The molecule has 0 amide bonds. The molecule has 0 unspecified atom stereocenters. The van der Waals surface area contributed by atoms with Crippen molar-refractivity contribution in [2.75, 3.05) is 0 Å².